The lowest BCUT2D eigenvalue weighted by atomic mass is 10.1. The largest absolute Gasteiger partial charge is 0.322 e. The fourth-order valence-corrected chi connectivity index (χ4v) is 3.25. The summed E-state index contributed by atoms with van der Waals surface area (Å²) < 4.78 is 1.81. The van der Waals surface area contributed by atoms with Gasteiger partial charge in [-0.2, -0.15) is 5.10 Å². The van der Waals surface area contributed by atoms with Gasteiger partial charge in [0.2, 0.25) is 0 Å². The number of carbonyl (C=O) groups excluding carboxylic acids is 1. The quantitative estimate of drug-likeness (QED) is 0.780. The second kappa shape index (κ2) is 7.64. The SMILES string of the molecule is CC(C)(C)n1cc(C(=O)Nc2ccc(C3CC3NCC3CC3)cc2)cn1.Cl. The molecule has 0 spiro atoms. The average molecular weight is 389 g/mol. The van der Waals surface area contributed by atoms with Gasteiger partial charge in [0.1, 0.15) is 0 Å². The van der Waals surface area contributed by atoms with Gasteiger partial charge in [-0.15, -0.1) is 12.4 Å². The summed E-state index contributed by atoms with van der Waals surface area (Å²) in [6, 6.07) is 8.91. The average Bonchev–Trinajstić information content (AvgIpc) is 3.50. The van der Waals surface area contributed by atoms with E-state index in [-0.39, 0.29) is 23.9 Å². The van der Waals surface area contributed by atoms with Crippen LogP contribution in [0.4, 0.5) is 5.69 Å². The molecule has 1 heterocycles. The third-order valence-corrected chi connectivity index (χ3v) is 5.28. The second-order valence-corrected chi connectivity index (χ2v) is 8.72. The monoisotopic (exact) mass is 388 g/mol. The molecule has 0 bridgehead atoms. The van der Waals surface area contributed by atoms with E-state index in [9.17, 15) is 4.79 Å². The summed E-state index contributed by atoms with van der Waals surface area (Å²) in [4.78, 5) is 12.4. The minimum atomic E-state index is -0.130. The minimum Gasteiger partial charge on any atom is -0.322 e. The minimum absolute atomic E-state index is 0. The highest BCUT2D eigenvalue weighted by Gasteiger charge is 2.38. The van der Waals surface area contributed by atoms with Gasteiger partial charge in [0.15, 0.2) is 0 Å². The topological polar surface area (TPSA) is 59.0 Å². The van der Waals surface area contributed by atoms with Crippen molar-refractivity contribution in [3.8, 4) is 0 Å². The van der Waals surface area contributed by atoms with E-state index in [0.29, 0.717) is 17.5 Å². The van der Waals surface area contributed by atoms with Gasteiger partial charge in [0, 0.05) is 23.8 Å². The van der Waals surface area contributed by atoms with Crippen molar-refractivity contribution in [2.24, 2.45) is 5.92 Å². The normalized spacial score (nSPS) is 21.4. The Morgan fingerprint density at radius 2 is 1.93 bits per heavy atom. The second-order valence-electron chi connectivity index (χ2n) is 8.72. The van der Waals surface area contributed by atoms with Gasteiger partial charge in [0.25, 0.3) is 5.91 Å². The van der Waals surface area contributed by atoms with Crippen molar-refractivity contribution in [2.75, 3.05) is 11.9 Å². The predicted octanol–water partition coefficient (Wildman–Crippen LogP) is 4.17. The highest BCUT2D eigenvalue weighted by molar-refractivity contribution is 6.03. The lowest BCUT2D eigenvalue weighted by Crippen LogP contribution is -2.22. The molecule has 2 N–H and O–H groups in total. The van der Waals surface area contributed by atoms with Gasteiger partial charge in [-0.3, -0.25) is 9.48 Å². The molecule has 4 rings (SSSR count). The Morgan fingerprint density at radius 1 is 1.22 bits per heavy atom. The molecule has 2 aliphatic carbocycles. The van der Waals surface area contributed by atoms with Gasteiger partial charge in [-0.1, -0.05) is 12.1 Å². The molecule has 2 saturated carbocycles. The number of amides is 1. The van der Waals surface area contributed by atoms with Gasteiger partial charge >= 0.3 is 0 Å². The molecule has 1 aromatic heterocycles. The number of nitrogens with one attached hydrogen (secondary N) is 2. The van der Waals surface area contributed by atoms with Crippen LogP contribution in [0, 0.1) is 5.92 Å². The standard InChI is InChI=1S/C21H28N4O.ClH/c1-21(2,3)25-13-16(12-23-25)20(26)24-17-8-6-15(7-9-17)18-10-19(18)22-11-14-4-5-14;/h6-9,12-14,18-19,22H,4-5,10-11H2,1-3H3,(H,24,26);1H. The lowest BCUT2D eigenvalue weighted by Gasteiger charge is -2.18. The van der Waals surface area contributed by atoms with E-state index in [2.05, 4.69) is 48.6 Å². The lowest BCUT2D eigenvalue weighted by molar-refractivity contribution is 0.102. The highest BCUT2D eigenvalue weighted by Crippen LogP contribution is 2.41. The highest BCUT2D eigenvalue weighted by atomic mass is 35.5. The number of aromatic nitrogens is 2. The van der Waals surface area contributed by atoms with E-state index >= 15 is 0 Å². The Hall–Kier alpha value is -1.85. The van der Waals surface area contributed by atoms with Crippen LogP contribution in [-0.4, -0.2) is 28.3 Å². The van der Waals surface area contributed by atoms with Crippen molar-refractivity contribution in [2.45, 2.75) is 57.5 Å². The molecule has 1 aromatic carbocycles. The number of hydrogen-bond donors (Lipinski definition) is 2. The molecule has 0 radical (unpaired) electrons. The molecule has 0 aliphatic heterocycles. The molecule has 2 unspecified atom stereocenters. The number of benzene rings is 1. The Balaban J connectivity index is 0.00000210. The van der Waals surface area contributed by atoms with E-state index in [1.54, 1.807) is 12.4 Å². The Bertz CT molecular complexity index is 789. The molecule has 2 aliphatic rings. The van der Waals surface area contributed by atoms with Crippen molar-refractivity contribution >= 4 is 24.0 Å². The van der Waals surface area contributed by atoms with Crippen molar-refractivity contribution in [3.63, 3.8) is 0 Å². The van der Waals surface area contributed by atoms with Crippen LogP contribution in [0.15, 0.2) is 36.7 Å². The Labute approximate surface area is 167 Å². The molecule has 0 saturated heterocycles. The summed E-state index contributed by atoms with van der Waals surface area (Å²) in [5, 5.41) is 10.9. The van der Waals surface area contributed by atoms with E-state index < -0.39 is 0 Å². The van der Waals surface area contributed by atoms with E-state index in [1.807, 2.05) is 16.8 Å². The van der Waals surface area contributed by atoms with Crippen LogP contribution in [-0.2, 0) is 5.54 Å². The number of rotatable bonds is 6. The number of anilines is 1. The van der Waals surface area contributed by atoms with Gasteiger partial charge in [-0.05, 0) is 70.2 Å². The smallest absolute Gasteiger partial charge is 0.258 e. The van der Waals surface area contributed by atoms with Crippen molar-refractivity contribution in [1.29, 1.82) is 0 Å². The Morgan fingerprint density at radius 3 is 2.52 bits per heavy atom. The van der Waals surface area contributed by atoms with Crippen LogP contribution in [0.5, 0.6) is 0 Å². The molecular formula is C21H29ClN4O. The zero-order valence-corrected chi connectivity index (χ0v) is 17.1. The molecule has 146 valence electrons. The number of nitrogens with zero attached hydrogens (tertiary/aromatic N) is 2. The van der Waals surface area contributed by atoms with Crippen LogP contribution < -0.4 is 10.6 Å². The maximum Gasteiger partial charge on any atom is 0.258 e. The molecule has 1 amide bonds. The number of halogens is 1. The van der Waals surface area contributed by atoms with Crippen molar-refractivity contribution in [3.05, 3.63) is 47.8 Å². The van der Waals surface area contributed by atoms with E-state index in [4.69, 9.17) is 0 Å². The first kappa shape index (κ1) is 19.9. The van der Waals surface area contributed by atoms with Crippen LogP contribution in [0.1, 0.15) is 61.9 Å². The third kappa shape index (κ3) is 4.90. The van der Waals surface area contributed by atoms with Gasteiger partial charge in [0.05, 0.1) is 17.3 Å². The van der Waals surface area contributed by atoms with Crippen LogP contribution in [0.2, 0.25) is 0 Å². The van der Waals surface area contributed by atoms with Gasteiger partial charge < -0.3 is 10.6 Å². The zero-order valence-electron chi connectivity index (χ0n) is 16.2. The van der Waals surface area contributed by atoms with E-state index in [0.717, 1.165) is 11.6 Å². The summed E-state index contributed by atoms with van der Waals surface area (Å²) in [5.74, 6) is 1.43. The molecule has 2 aromatic rings. The fourth-order valence-electron chi connectivity index (χ4n) is 3.25. The Kier molecular flexibility index (Phi) is 5.63. The van der Waals surface area contributed by atoms with Crippen molar-refractivity contribution in [1.82, 2.24) is 15.1 Å². The first-order chi connectivity index (χ1) is 12.4. The maximum absolute atomic E-state index is 12.4. The summed E-state index contributed by atoms with van der Waals surface area (Å²) in [7, 11) is 0. The number of carbonyl (C=O) groups is 1. The summed E-state index contributed by atoms with van der Waals surface area (Å²) >= 11 is 0. The molecular weight excluding hydrogens is 360 g/mol. The third-order valence-electron chi connectivity index (χ3n) is 5.28. The molecule has 2 fully saturated rings. The zero-order chi connectivity index (χ0) is 18.3. The van der Waals surface area contributed by atoms with E-state index in [1.165, 1.54) is 31.4 Å². The first-order valence-electron chi connectivity index (χ1n) is 9.60. The fraction of sp³-hybridized carbons (Fsp3) is 0.524. The van der Waals surface area contributed by atoms with Crippen LogP contribution in [0.3, 0.4) is 0 Å². The van der Waals surface area contributed by atoms with Crippen LogP contribution in [0.25, 0.3) is 0 Å². The summed E-state index contributed by atoms with van der Waals surface area (Å²) in [6.07, 6.45) is 7.44. The summed E-state index contributed by atoms with van der Waals surface area (Å²) in [6.45, 7) is 7.36. The van der Waals surface area contributed by atoms with Crippen LogP contribution >= 0.6 is 12.4 Å². The van der Waals surface area contributed by atoms with Crippen molar-refractivity contribution < 1.29 is 4.79 Å². The maximum atomic E-state index is 12.4. The predicted molar refractivity (Wildman–Crippen MR) is 111 cm³/mol. The van der Waals surface area contributed by atoms with Gasteiger partial charge in [-0.25, -0.2) is 0 Å². The molecule has 27 heavy (non-hydrogen) atoms. The molecule has 5 nitrogen and oxygen atoms in total. The first-order valence-corrected chi connectivity index (χ1v) is 9.60. The number of hydrogen-bond acceptors (Lipinski definition) is 3. The summed E-state index contributed by atoms with van der Waals surface area (Å²) in [5.41, 5.74) is 2.63. The molecule has 2 atom stereocenters. The molecule has 6 heteroatoms.